The molecule has 1 aromatic carbocycles. The molecular weight excluding hydrogens is 176 g/mol. The van der Waals surface area contributed by atoms with E-state index < -0.39 is 0 Å². The Hall–Kier alpha value is -1.64. The van der Waals surface area contributed by atoms with Gasteiger partial charge in [0.15, 0.2) is 0 Å². The van der Waals surface area contributed by atoms with E-state index in [2.05, 4.69) is 9.97 Å². The normalized spacial score (nSPS) is 10.8. The summed E-state index contributed by atoms with van der Waals surface area (Å²) >= 11 is 0. The third-order valence-corrected chi connectivity index (χ3v) is 2.68. The fourth-order valence-corrected chi connectivity index (χ4v) is 1.64. The van der Waals surface area contributed by atoms with Crippen LogP contribution in [-0.4, -0.2) is 15.1 Å². The van der Waals surface area contributed by atoms with Gasteiger partial charge in [-0.3, -0.25) is 9.97 Å². The second kappa shape index (κ2) is 2.94. The van der Waals surface area contributed by atoms with Crippen molar-refractivity contribution in [2.45, 2.75) is 20.8 Å². The molecule has 1 heterocycles. The standard InChI is InChI=1S/C11H12N2O/c1-6-7(2)11(14)8(3)10-9(6)12-4-5-13-10/h4-5,14H,1-3H3. The van der Waals surface area contributed by atoms with E-state index in [1.54, 1.807) is 12.4 Å². The molecule has 0 saturated carbocycles. The van der Waals surface area contributed by atoms with Crippen molar-refractivity contribution < 1.29 is 5.11 Å². The summed E-state index contributed by atoms with van der Waals surface area (Å²) in [6, 6.07) is 0. The Kier molecular flexibility index (Phi) is 1.88. The monoisotopic (exact) mass is 188 g/mol. The lowest BCUT2D eigenvalue weighted by molar-refractivity contribution is 0.467. The average Bonchev–Trinajstić information content (AvgIpc) is 2.23. The number of phenols is 1. The van der Waals surface area contributed by atoms with Crippen LogP contribution in [0.2, 0.25) is 0 Å². The van der Waals surface area contributed by atoms with Crippen LogP contribution < -0.4 is 0 Å². The molecule has 0 bridgehead atoms. The van der Waals surface area contributed by atoms with Crippen LogP contribution >= 0.6 is 0 Å². The zero-order chi connectivity index (χ0) is 10.3. The van der Waals surface area contributed by atoms with Crippen molar-refractivity contribution in [2.24, 2.45) is 0 Å². The van der Waals surface area contributed by atoms with Crippen molar-refractivity contribution in [3.8, 4) is 5.75 Å². The van der Waals surface area contributed by atoms with Crippen LogP contribution in [0.25, 0.3) is 11.0 Å². The van der Waals surface area contributed by atoms with Crippen molar-refractivity contribution in [3.63, 3.8) is 0 Å². The smallest absolute Gasteiger partial charge is 0.123 e. The molecule has 0 spiro atoms. The lowest BCUT2D eigenvalue weighted by Crippen LogP contribution is -1.93. The van der Waals surface area contributed by atoms with Crippen molar-refractivity contribution in [2.75, 3.05) is 0 Å². The van der Waals surface area contributed by atoms with Crippen LogP contribution in [0.5, 0.6) is 5.75 Å². The van der Waals surface area contributed by atoms with Crippen LogP contribution in [0, 0.1) is 20.8 Å². The zero-order valence-electron chi connectivity index (χ0n) is 8.50. The predicted octanol–water partition coefficient (Wildman–Crippen LogP) is 2.26. The molecule has 1 N–H and O–H groups in total. The molecule has 3 nitrogen and oxygen atoms in total. The predicted molar refractivity (Wildman–Crippen MR) is 55.4 cm³/mol. The third kappa shape index (κ3) is 1.05. The molecule has 1 aromatic heterocycles. The largest absolute Gasteiger partial charge is 0.507 e. The first kappa shape index (κ1) is 8.94. The minimum Gasteiger partial charge on any atom is -0.507 e. The number of aromatic hydroxyl groups is 1. The number of aryl methyl sites for hydroxylation is 2. The number of hydrogen-bond donors (Lipinski definition) is 1. The molecule has 0 atom stereocenters. The highest BCUT2D eigenvalue weighted by molar-refractivity contribution is 5.84. The average molecular weight is 188 g/mol. The first-order chi connectivity index (χ1) is 6.63. The van der Waals surface area contributed by atoms with Crippen molar-refractivity contribution in [1.29, 1.82) is 0 Å². The molecular formula is C11H12N2O. The Morgan fingerprint density at radius 2 is 1.36 bits per heavy atom. The van der Waals surface area contributed by atoms with Crippen molar-refractivity contribution in [1.82, 2.24) is 9.97 Å². The fraction of sp³-hybridized carbons (Fsp3) is 0.273. The molecule has 3 heteroatoms. The highest BCUT2D eigenvalue weighted by Crippen LogP contribution is 2.31. The summed E-state index contributed by atoms with van der Waals surface area (Å²) in [5.41, 5.74) is 4.34. The first-order valence-electron chi connectivity index (χ1n) is 4.52. The molecule has 0 unspecified atom stereocenters. The Bertz CT molecular complexity index is 460. The topological polar surface area (TPSA) is 46.0 Å². The second-order valence-electron chi connectivity index (χ2n) is 3.48. The number of nitrogens with zero attached hydrogens (tertiary/aromatic N) is 2. The van der Waals surface area contributed by atoms with E-state index in [9.17, 15) is 5.11 Å². The van der Waals surface area contributed by atoms with Gasteiger partial charge in [-0.2, -0.15) is 0 Å². The van der Waals surface area contributed by atoms with Crippen molar-refractivity contribution in [3.05, 3.63) is 29.1 Å². The maximum absolute atomic E-state index is 9.82. The van der Waals surface area contributed by atoms with Gasteiger partial charge < -0.3 is 5.11 Å². The maximum atomic E-state index is 9.82. The van der Waals surface area contributed by atoms with Gasteiger partial charge in [0.2, 0.25) is 0 Å². The van der Waals surface area contributed by atoms with E-state index in [1.807, 2.05) is 20.8 Å². The van der Waals surface area contributed by atoms with E-state index >= 15 is 0 Å². The van der Waals surface area contributed by atoms with Crippen LogP contribution in [0.4, 0.5) is 0 Å². The van der Waals surface area contributed by atoms with E-state index in [4.69, 9.17) is 0 Å². The van der Waals surface area contributed by atoms with Gasteiger partial charge in [0.1, 0.15) is 5.75 Å². The summed E-state index contributed by atoms with van der Waals surface area (Å²) in [6.45, 7) is 5.70. The molecule has 0 aliphatic rings. The van der Waals surface area contributed by atoms with Crippen LogP contribution in [-0.2, 0) is 0 Å². The Morgan fingerprint density at radius 1 is 0.857 bits per heavy atom. The van der Waals surface area contributed by atoms with Crippen LogP contribution in [0.3, 0.4) is 0 Å². The molecule has 0 amide bonds. The van der Waals surface area contributed by atoms with Crippen LogP contribution in [0.1, 0.15) is 16.7 Å². The molecule has 0 fully saturated rings. The minimum atomic E-state index is 0.329. The molecule has 0 aliphatic carbocycles. The number of hydrogen-bond acceptors (Lipinski definition) is 3. The Balaban J connectivity index is 3.02. The van der Waals surface area contributed by atoms with Gasteiger partial charge in [-0.15, -0.1) is 0 Å². The third-order valence-electron chi connectivity index (χ3n) is 2.68. The quantitative estimate of drug-likeness (QED) is 0.689. The molecule has 14 heavy (non-hydrogen) atoms. The highest BCUT2D eigenvalue weighted by Gasteiger charge is 2.11. The van der Waals surface area contributed by atoms with E-state index in [0.29, 0.717) is 5.75 Å². The molecule has 0 saturated heterocycles. The van der Waals surface area contributed by atoms with Gasteiger partial charge in [-0.25, -0.2) is 0 Å². The zero-order valence-corrected chi connectivity index (χ0v) is 8.50. The number of fused-ring (bicyclic) bond motifs is 1. The van der Waals surface area contributed by atoms with Gasteiger partial charge >= 0.3 is 0 Å². The molecule has 2 rings (SSSR count). The molecule has 2 aromatic rings. The van der Waals surface area contributed by atoms with Gasteiger partial charge in [-0.1, -0.05) is 0 Å². The Labute approximate surface area is 82.4 Å². The summed E-state index contributed by atoms with van der Waals surface area (Å²) < 4.78 is 0. The number of rotatable bonds is 0. The second-order valence-corrected chi connectivity index (χ2v) is 3.48. The van der Waals surface area contributed by atoms with E-state index in [-0.39, 0.29) is 0 Å². The summed E-state index contributed by atoms with van der Waals surface area (Å²) in [5, 5.41) is 9.82. The number of aromatic nitrogens is 2. The summed E-state index contributed by atoms with van der Waals surface area (Å²) in [5.74, 6) is 0.329. The van der Waals surface area contributed by atoms with Gasteiger partial charge in [0.25, 0.3) is 0 Å². The molecule has 72 valence electrons. The summed E-state index contributed by atoms with van der Waals surface area (Å²) in [7, 11) is 0. The van der Waals surface area contributed by atoms with Gasteiger partial charge in [0.05, 0.1) is 11.0 Å². The summed E-state index contributed by atoms with van der Waals surface area (Å²) in [4.78, 5) is 8.49. The van der Waals surface area contributed by atoms with Crippen LogP contribution in [0.15, 0.2) is 12.4 Å². The lowest BCUT2D eigenvalue weighted by Gasteiger charge is -2.10. The highest BCUT2D eigenvalue weighted by atomic mass is 16.3. The van der Waals surface area contributed by atoms with E-state index in [0.717, 1.165) is 27.7 Å². The number of phenolic OH excluding ortho intramolecular Hbond substituents is 1. The number of benzene rings is 1. The minimum absolute atomic E-state index is 0.329. The first-order valence-corrected chi connectivity index (χ1v) is 4.52. The molecule has 0 radical (unpaired) electrons. The Morgan fingerprint density at radius 3 is 1.93 bits per heavy atom. The maximum Gasteiger partial charge on any atom is 0.123 e. The van der Waals surface area contributed by atoms with Gasteiger partial charge in [-0.05, 0) is 31.9 Å². The fourth-order valence-electron chi connectivity index (χ4n) is 1.64. The lowest BCUT2D eigenvalue weighted by atomic mass is 10.0. The SMILES string of the molecule is Cc1c(O)c(C)c2nccnc2c1C. The summed E-state index contributed by atoms with van der Waals surface area (Å²) in [6.07, 6.45) is 3.31. The van der Waals surface area contributed by atoms with E-state index in [1.165, 1.54) is 0 Å². The van der Waals surface area contributed by atoms with Gasteiger partial charge in [0, 0.05) is 18.0 Å². The van der Waals surface area contributed by atoms with Crippen molar-refractivity contribution >= 4 is 11.0 Å². The molecule has 0 aliphatic heterocycles.